The second kappa shape index (κ2) is 15.0. The summed E-state index contributed by atoms with van der Waals surface area (Å²) in [6, 6.07) is 12.8. The van der Waals surface area contributed by atoms with Crippen molar-refractivity contribution in [3.8, 4) is 17.0 Å². The van der Waals surface area contributed by atoms with E-state index in [-0.39, 0.29) is 0 Å². The molecule has 2 heteroatoms. The highest BCUT2D eigenvalue weighted by atomic mass is 16.5. The molecule has 0 aliphatic carbocycles. The highest BCUT2D eigenvalue weighted by molar-refractivity contribution is 5.60. The summed E-state index contributed by atoms with van der Waals surface area (Å²) in [7, 11) is 0. The quantitative estimate of drug-likeness (QED) is 0.259. The Morgan fingerprint density at radius 3 is 2.10 bits per heavy atom. The lowest BCUT2D eigenvalue weighted by Crippen LogP contribution is -2.00. The van der Waals surface area contributed by atoms with Crippen molar-refractivity contribution in [1.82, 2.24) is 4.98 Å². The number of hydrogen-bond donors (Lipinski definition) is 0. The molecule has 2 aromatic rings. The van der Waals surface area contributed by atoms with Crippen LogP contribution >= 0.6 is 0 Å². The standard InChI is InChI=1S/C28H43NO/c1-4-6-8-10-11-13-21-30-27-18-16-26(17-19-27)28-20-15-25(23-29-28)22-24(3)14-12-9-7-5-2/h15-20,23-24H,4-14,21-22H2,1-3H3. The highest BCUT2D eigenvalue weighted by Crippen LogP contribution is 2.22. The molecule has 1 aromatic carbocycles. The smallest absolute Gasteiger partial charge is 0.119 e. The van der Waals surface area contributed by atoms with Crippen LogP contribution in [0.15, 0.2) is 42.6 Å². The Hall–Kier alpha value is -1.83. The van der Waals surface area contributed by atoms with E-state index in [0.717, 1.165) is 42.4 Å². The SMILES string of the molecule is CCCCCCCCOc1ccc(-c2ccc(CC(C)CCCCCC)cn2)cc1. The van der Waals surface area contributed by atoms with Gasteiger partial charge in [0.25, 0.3) is 0 Å². The van der Waals surface area contributed by atoms with Crippen LogP contribution in [0.2, 0.25) is 0 Å². The maximum absolute atomic E-state index is 5.89. The Morgan fingerprint density at radius 1 is 0.767 bits per heavy atom. The van der Waals surface area contributed by atoms with Gasteiger partial charge in [0.15, 0.2) is 0 Å². The molecule has 0 N–H and O–H groups in total. The van der Waals surface area contributed by atoms with Crippen LogP contribution in [-0.2, 0) is 6.42 Å². The minimum Gasteiger partial charge on any atom is -0.494 e. The molecule has 0 radical (unpaired) electrons. The molecule has 0 aliphatic heterocycles. The van der Waals surface area contributed by atoms with Crippen molar-refractivity contribution in [3.63, 3.8) is 0 Å². The Bertz CT molecular complexity index is 662. The van der Waals surface area contributed by atoms with E-state index in [9.17, 15) is 0 Å². The van der Waals surface area contributed by atoms with Gasteiger partial charge in [0.2, 0.25) is 0 Å². The second-order valence-corrected chi connectivity index (χ2v) is 8.85. The van der Waals surface area contributed by atoms with E-state index in [1.54, 1.807) is 0 Å². The molecule has 0 bridgehead atoms. The molecule has 0 saturated carbocycles. The third kappa shape index (κ3) is 9.78. The molecule has 0 fully saturated rings. The van der Waals surface area contributed by atoms with Crippen LogP contribution in [0.4, 0.5) is 0 Å². The summed E-state index contributed by atoms with van der Waals surface area (Å²) in [6.45, 7) is 7.71. The van der Waals surface area contributed by atoms with Crippen molar-refractivity contribution in [2.24, 2.45) is 5.92 Å². The minimum absolute atomic E-state index is 0.734. The first-order valence-corrected chi connectivity index (χ1v) is 12.4. The van der Waals surface area contributed by atoms with Crippen molar-refractivity contribution < 1.29 is 4.74 Å². The predicted octanol–water partition coefficient (Wildman–Crippen LogP) is 8.64. The fourth-order valence-electron chi connectivity index (χ4n) is 3.93. The summed E-state index contributed by atoms with van der Waals surface area (Å²) in [6.07, 6.45) is 17.7. The van der Waals surface area contributed by atoms with Gasteiger partial charge in [-0.25, -0.2) is 0 Å². The third-order valence-electron chi connectivity index (χ3n) is 5.88. The Balaban J connectivity index is 1.73. The van der Waals surface area contributed by atoms with Gasteiger partial charge < -0.3 is 4.74 Å². The topological polar surface area (TPSA) is 22.1 Å². The maximum Gasteiger partial charge on any atom is 0.119 e. The molecule has 166 valence electrons. The van der Waals surface area contributed by atoms with Crippen molar-refractivity contribution >= 4 is 0 Å². The Morgan fingerprint density at radius 2 is 1.43 bits per heavy atom. The van der Waals surface area contributed by atoms with Gasteiger partial charge in [0.1, 0.15) is 5.75 Å². The number of benzene rings is 1. The Labute approximate surface area is 185 Å². The number of unbranched alkanes of at least 4 members (excludes halogenated alkanes) is 8. The van der Waals surface area contributed by atoms with Gasteiger partial charge in [-0.15, -0.1) is 0 Å². The number of aromatic nitrogens is 1. The van der Waals surface area contributed by atoms with Crippen molar-refractivity contribution in [2.75, 3.05) is 6.61 Å². The van der Waals surface area contributed by atoms with Crippen LogP contribution in [0.5, 0.6) is 5.75 Å². The molecular weight excluding hydrogens is 366 g/mol. The van der Waals surface area contributed by atoms with Crippen LogP contribution in [0, 0.1) is 5.92 Å². The minimum atomic E-state index is 0.734. The third-order valence-corrected chi connectivity index (χ3v) is 5.88. The van der Waals surface area contributed by atoms with E-state index in [1.165, 1.54) is 69.8 Å². The maximum atomic E-state index is 5.89. The lowest BCUT2D eigenvalue weighted by molar-refractivity contribution is 0.304. The van der Waals surface area contributed by atoms with Crippen LogP contribution in [-0.4, -0.2) is 11.6 Å². The summed E-state index contributed by atoms with van der Waals surface area (Å²) >= 11 is 0. The first-order chi connectivity index (χ1) is 14.7. The summed E-state index contributed by atoms with van der Waals surface area (Å²) in [5.74, 6) is 1.69. The van der Waals surface area contributed by atoms with Gasteiger partial charge in [0.05, 0.1) is 12.3 Å². The number of ether oxygens (including phenoxy) is 1. The molecule has 2 rings (SSSR count). The largest absolute Gasteiger partial charge is 0.494 e. The van der Waals surface area contributed by atoms with E-state index in [4.69, 9.17) is 9.72 Å². The lowest BCUT2D eigenvalue weighted by Gasteiger charge is -2.11. The first-order valence-electron chi connectivity index (χ1n) is 12.4. The highest BCUT2D eigenvalue weighted by Gasteiger charge is 2.06. The van der Waals surface area contributed by atoms with Gasteiger partial charge in [-0.1, -0.05) is 91.0 Å². The number of rotatable bonds is 16. The van der Waals surface area contributed by atoms with E-state index < -0.39 is 0 Å². The molecular formula is C28H43NO. The first kappa shape index (κ1) is 24.4. The Kier molecular flexibility index (Phi) is 12.3. The van der Waals surface area contributed by atoms with Gasteiger partial charge in [-0.05, 0) is 54.7 Å². The van der Waals surface area contributed by atoms with Gasteiger partial charge in [-0.3, -0.25) is 4.98 Å². The fourth-order valence-corrected chi connectivity index (χ4v) is 3.93. The van der Waals surface area contributed by atoms with E-state index in [0.29, 0.717) is 0 Å². The van der Waals surface area contributed by atoms with E-state index >= 15 is 0 Å². The molecule has 0 spiro atoms. The molecule has 1 heterocycles. The molecule has 0 amide bonds. The zero-order valence-corrected chi connectivity index (χ0v) is 19.7. The van der Waals surface area contributed by atoms with E-state index in [2.05, 4.69) is 63.4 Å². The summed E-state index contributed by atoms with van der Waals surface area (Å²) in [5.41, 5.74) is 3.54. The molecule has 2 nitrogen and oxygen atoms in total. The van der Waals surface area contributed by atoms with Gasteiger partial charge >= 0.3 is 0 Å². The molecule has 0 saturated heterocycles. The second-order valence-electron chi connectivity index (χ2n) is 8.85. The fraction of sp³-hybridized carbons (Fsp3) is 0.607. The average Bonchev–Trinajstić information content (AvgIpc) is 2.77. The monoisotopic (exact) mass is 409 g/mol. The summed E-state index contributed by atoms with van der Waals surface area (Å²) in [4.78, 5) is 4.71. The normalized spacial score (nSPS) is 12.1. The van der Waals surface area contributed by atoms with Crippen LogP contribution in [0.3, 0.4) is 0 Å². The molecule has 1 atom stereocenters. The molecule has 0 aliphatic rings. The van der Waals surface area contributed by atoms with Crippen molar-refractivity contribution in [3.05, 3.63) is 48.2 Å². The van der Waals surface area contributed by atoms with Crippen LogP contribution in [0.25, 0.3) is 11.3 Å². The van der Waals surface area contributed by atoms with Crippen LogP contribution in [0.1, 0.15) is 97.0 Å². The molecule has 30 heavy (non-hydrogen) atoms. The van der Waals surface area contributed by atoms with Crippen molar-refractivity contribution in [2.45, 2.75) is 97.8 Å². The average molecular weight is 410 g/mol. The van der Waals surface area contributed by atoms with E-state index in [1.807, 2.05) is 0 Å². The predicted molar refractivity (Wildman–Crippen MR) is 130 cm³/mol. The van der Waals surface area contributed by atoms with Gasteiger partial charge in [0, 0.05) is 11.8 Å². The number of nitrogens with zero attached hydrogens (tertiary/aromatic N) is 1. The lowest BCUT2D eigenvalue weighted by atomic mass is 9.96. The number of pyridine rings is 1. The summed E-state index contributed by atoms with van der Waals surface area (Å²) < 4.78 is 5.89. The van der Waals surface area contributed by atoms with Gasteiger partial charge in [-0.2, -0.15) is 0 Å². The molecule has 1 aromatic heterocycles. The van der Waals surface area contributed by atoms with Crippen molar-refractivity contribution in [1.29, 1.82) is 0 Å². The van der Waals surface area contributed by atoms with Crippen LogP contribution < -0.4 is 4.74 Å². The summed E-state index contributed by atoms with van der Waals surface area (Å²) in [5, 5.41) is 0. The molecule has 1 unspecified atom stereocenters. The zero-order valence-electron chi connectivity index (χ0n) is 19.7. The zero-order chi connectivity index (χ0) is 21.4. The number of hydrogen-bond acceptors (Lipinski definition) is 2.